The lowest BCUT2D eigenvalue weighted by atomic mass is 9.86. The third-order valence-corrected chi connectivity index (χ3v) is 5.78. The Bertz CT molecular complexity index is 675. The molecule has 2 atom stereocenters. The Morgan fingerprint density at radius 3 is 2.55 bits per heavy atom. The van der Waals surface area contributed by atoms with Crippen molar-refractivity contribution >= 4 is 0 Å². The van der Waals surface area contributed by atoms with E-state index in [-0.39, 0.29) is 5.82 Å². The highest BCUT2D eigenvalue weighted by molar-refractivity contribution is 5.65. The predicted octanol–water partition coefficient (Wildman–Crippen LogP) is 4.42. The molecule has 1 N–H and O–H groups in total. The van der Waals surface area contributed by atoms with E-state index >= 15 is 0 Å². The van der Waals surface area contributed by atoms with Crippen molar-refractivity contribution in [2.24, 2.45) is 11.3 Å². The molecular weight excluding hydrogens is 273 g/mol. The zero-order valence-corrected chi connectivity index (χ0v) is 13.0. The second-order valence-electron chi connectivity index (χ2n) is 6.99. The van der Waals surface area contributed by atoms with Crippen LogP contribution in [0.1, 0.15) is 25.3 Å². The summed E-state index contributed by atoms with van der Waals surface area (Å²) >= 11 is 0. The molecule has 114 valence electrons. The molecule has 2 fully saturated rings. The number of hydrogen-bond acceptors (Lipinski definition) is 1. The molecule has 1 aliphatic carbocycles. The number of benzene rings is 2. The molecule has 0 aromatic heterocycles. The van der Waals surface area contributed by atoms with Crippen LogP contribution in [-0.4, -0.2) is 12.6 Å². The molecule has 1 saturated carbocycles. The molecule has 2 aromatic carbocycles. The molecule has 2 aromatic rings. The van der Waals surface area contributed by atoms with Crippen LogP contribution in [0.3, 0.4) is 0 Å². The first-order valence-electron chi connectivity index (χ1n) is 8.26. The van der Waals surface area contributed by atoms with E-state index in [0.717, 1.165) is 24.1 Å². The molecule has 2 heteroatoms. The van der Waals surface area contributed by atoms with E-state index in [4.69, 9.17) is 0 Å². The highest BCUT2D eigenvalue weighted by atomic mass is 19.1. The lowest BCUT2D eigenvalue weighted by Gasteiger charge is -2.20. The molecule has 0 amide bonds. The van der Waals surface area contributed by atoms with E-state index in [9.17, 15) is 4.39 Å². The van der Waals surface area contributed by atoms with Crippen molar-refractivity contribution in [3.63, 3.8) is 0 Å². The van der Waals surface area contributed by atoms with E-state index in [1.165, 1.54) is 12.8 Å². The Hall–Kier alpha value is -1.67. The van der Waals surface area contributed by atoms with E-state index in [1.807, 2.05) is 48.5 Å². The number of halogens is 1. The van der Waals surface area contributed by atoms with Gasteiger partial charge in [0, 0.05) is 18.2 Å². The van der Waals surface area contributed by atoms with E-state index < -0.39 is 0 Å². The summed E-state index contributed by atoms with van der Waals surface area (Å²) < 4.78 is 14.9. The van der Waals surface area contributed by atoms with Gasteiger partial charge >= 0.3 is 0 Å². The fourth-order valence-electron chi connectivity index (χ4n) is 3.96. The molecule has 0 radical (unpaired) electrons. The van der Waals surface area contributed by atoms with E-state index in [0.29, 0.717) is 22.9 Å². The molecular formula is C20H22FN. The fraction of sp³-hybridized carbons (Fsp3) is 0.400. The quantitative estimate of drug-likeness (QED) is 0.883. The van der Waals surface area contributed by atoms with Gasteiger partial charge in [-0.2, -0.15) is 0 Å². The molecule has 1 saturated heterocycles. The SMILES string of the molecule is CC1C(Cc2cccc(-c3ccccc3)c2F)NCC12CC2. The van der Waals surface area contributed by atoms with Crippen LogP contribution in [0.2, 0.25) is 0 Å². The van der Waals surface area contributed by atoms with Gasteiger partial charge in [0.1, 0.15) is 5.82 Å². The maximum atomic E-state index is 14.9. The molecule has 1 nitrogen and oxygen atoms in total. The Morgan fingerprint density at radius 2 is 1.86 bits per heavy atom. The Morgan fingerprint density at radius 1 is 1.09 bits per heavy atom. The maximum absolute atomic E-state index is 14.9. The second kappa shape index (κ2) is 5.20. The van der Waals surface area contributed by atoms with Crippen molar-refractivity contribution in [2.45, 2.75) is 32.2 Å². The smallest absolute Gasteiger partial charge is 0.134 e. The topological polar surface area (TPSA) is 12.0 Å². The largest absolute Gasteiger partial charge is 0.313 e. The Kier molecular flexibility index (Phi) is 3.30. The highest BCUT2D eigenvalue weighted by Crippen LogP contribution is 2.55. The lowest BCUT2D eigenvalue weighted by molar-refractivity contribution is 0.372. The summed E-state index contributed by atoms with van der Waals surface area (Å²) in [6.07, 6.45) is 3.46. The van der Waals surface area contributed by atoms with Gasteiger partial charge in [-0.25, -0.2) is 4.39 Å². The third kappa shape index (κ3) is 2.26. The molecule has 1 aliphatic heterocycles. The van der Waals surface area contributed by atoms with Crippen LogP contribution >= 0.6 is 0 Å². The standard InChI is InChI=1S/C20H22FN/c1-14-18(22-13-20(14)10-11-20)12-16-8-5-9-17(19(16)21)15-6-3-2-4-7-15/h2-9,14,18,22H,10-13H2,1H3. The van der Waals surface area contributed by atoms with Gasteiger partial charge in [-0.3, -0.25) is 0 Å². The summed E-state index contributed by atoms with van der Waals surface area (Å²) in [6.45, 7) is 3.44. The minimum atomic E-state index is -0.0561. The van der Waals surface area contributed by atoms with Crippen LogP contribution < -0.4 is 5.32 Å². The zero-order chi connectivity index (χ0) is 15.2. The summed E-state index contributed by atoms with van der Waals surface area (Å²) in [5, 5.41) is 3.63. The summed E-state index contributed by atoms with van der Waals surface area (Å²) in [5.74, 6) is 0.590. The van der Waals surface area contributed by atoms with Gasteiger partial charge in [-0.1, -0.05) is 55.5 Å². The van der Waals surface area contributed by atoms with Crippen LogP contribution in [-0.2, 0) is 6.42 Å². The predicted molar refractivity (Wildman–Crippen MR) is 88.2 cm³/mol. The first-order valence-corrected chi connectivity index (χ1v) is 8.26. The monoisotopic (exact) mass is 295 g/mol. The molecule has 22 heavy (non-hydrogen) atoms. The van der Waals surface area contributed by atoms with Crippen LogP contribution in [0.4, 0.5) is 4.39 Å². The summed E-state index contributed by atoms with van der Waals surface area (Å²) in [4.78, 5) is 0. The van der Waals surface area contributed by atoms with Gasteiger partial charge in [-0.05, 0) is 41.7 Å². The first-order chi connectivity index (χ1) is 10.7. The number of nitrogens with one attached hydrogen (secondary N) is 1. The van der Waals surface area contributed by atoms with Crippen molar-refractivity contribution in [3.8, 4) is 11.1 Å². The Balaban J connectivity index is 1.60. The second-order valence-corrected chi connectivity index (χ2v) is 6.99. The van der Waals surface area contributed by atoms with Crippen molar-refractivity contribution in [3.05, 3.63) is 59.9 Å². The van der Waals surface area contributed by atoms with Crippen LogP contribution in [0.5, 0.6) is 0 Å². The summed E-state index contributed by atoms with van der Waals surface area (Å²) in [5.41, 5.74) is 3.03. The minimum Gasteiger partial charge on any atom is -0.313 e. The van der Waals surface area contributed by atoms with E-state index in [1.54, 1.807) is 0 Å². The Labute approximate surface area is 131 Å². The lowest BCUT2D eigenvalue weighted by Crippen LogP contribution is -2.28. The average Bonchev–Trinajstić information content (AvgIpc) is 3.28. The maximum Gasteiger partial charge on any atom is 0.134 e. The van der Waals surface area contributed by atoms with Crippen molar-refractivity contribution in [2.75, 3.05) is 6.54 Å². The van der Waals surface area contributed by atoms with Gasteiger partial charge in [-0.15, -0.1) is 0 Å². The fourth-order valence-corrected chi connectivity index (χ4v) is 3.96. The zero-order valence-electron chi connectivity index (χ0n) is 13.0. The highest BCUT2D eigenvalue weighted by Gasteiger charge is 2.53. The van der Waals surface area contributed by atoms with Crippen molar-refractivity contribution in [1.82, 2.24) is 5.32 Å². The normalized spacial score (nSPS) is 25.5. The number of rotatable bonds is 3. The van der Waals surface area contributed by atoms with Crippen LogP contribution in [0.15, 0.2) is 48.5 Å². The van der Waals surface area contributed by atoms with Gasteiger partial charge in [0.2, 0.25) is 0 Å². The first kappa shape index (κ1) is 14.0. The average molecular weight is 295 g/mol. The molecule has 0 bridgehead atoms. The van der Waals surface area contributed by atoms with E-state index in [2.05, 4.69) is 12.2 Å². The third-order valence-electron chi connectivity index (χ3n) is 5.78. The van der Waals surface area contributed by atoms with Crippen LogP contribution in [0, 0.1) is 17.2 Å². The van der Waals surface area contributed by atoms with Crippen molar-refractivity contribution < 1.29 is 4.39 Å². The van der Waals surface area contributed by atoms with Gasteiger partial charge < -0.3 is 5.32 Å². The van der Waals surface area contributed by atoms with Gasteiger partial charge in [0.25, 0.3) is 0 Å². The number of hydrogen-bond donors (Lipinski definition) is 1. The van der Waals surface area contributed by atoms with Crippen molar-refractivity contribution in [1.29, 1.82) is 0 Å². The van der Waals surface area contributed by atoms with Gasteiger partial charge in [0.15, 0.2) is 0 Å². The summed E-state index contributed by atoms with van der Waals surface area (Å²) in [6, 6.07) is 16.0. The molecule has 2 unspecified atom stereocenters. The summed E-state index contributed by atoms with van der Waals surface area (Å²) in [7, 11) is 0. The minimum absolute atomic E-state index is 0.0561. The molecule has 4 rings (SSSR count). The van der Waals surface area contributed by atoms with Crippen LogP contribution in [0.25, 0.3) is 11.1 Å². The molecule has 1 spiro atoms. The van der Waals surface area contributed by atoms with Gasteiger partial charge in [0.05, 0.1) is 0 Å². The molecule has 2 aliphatic rings. The molecule has 1 heterocycles.